The van der Waals surface area contributed by atoms with E-state index in [1.165, 1.54) is 11.8 Å². The lowest BCUT2D eigenvalue weighted by Gasteiger charge is -2.44. The Labute approximate surface area is 228 Å². The van der Waals surface area contributed by atoms with Gasteiger partial charge in [0.25, 0.3) is 0 Å². The molecule has 7 nitrogen and oxygen atoms in total. The number of ether oxygens (including phenoxy) is 3. The molecule has 4 N–H and O–H groups in total. The second kappa shape index (κ2) is 14.4. The van der Waals surface area contributed by atoms with Crippen molar-refractivity contribution in [2.75, 3.05) is 19.4 Å². The van der Waals surface area contributed by atoms with Crippen LogP contribution in [0, 0.1) is 0 Å². The molecule has 1 aliphatic rings. The summed E-state index contributed by atoms with van der Waals surface area (Å²) in [6.45, 7) is 1.11. The number of carbonyl (C=O) groups excluding carboxylic acids is 1. The van der Waals surface area contributed by atoms with Crippen molar-refractivity contribution in [2.45, 2.75) is 49.4 Å². The van der Waals surface area contributed by atoms with Crippen molar-refractivity contribution in [1.29, 1.82) is 0 Å². The van der Waals surface area contributed by atoms with E-state index in [1.54, 1.807) is 0 Å². The summed E-state index contributed by atoms with van der Waals surface area (Å²) in [6.07, 6.45) is -0.188. The lowest BCUT2D eigenvalue weighted by Crippen LogP contribution is -2.64. The fraction of sp³-hybridized carbons (Fsp3) is 0.367. The number of benzene rings is 3. The molecule has 38 heavy (non-hydrogen) atoms. The lowest BCUT2D eigenvalue weighted by atomic mass is 9.97. The smallest absolute Gasteiger partial charge is 0.221 e. The van der Waals surface area contributed by atoms with Crippen LogP contribution in [0.1, 0.15) is 17.5 Å². The number of hydrogen-bond donors (Lipinski definition) is 3. The third-order valence-electron chi connectivity index (χ3n) is 6.50. The third kappa shape index (κ3) is 7.66. The first-order chi connectivity index (χ1) is 18.6. The van der Waals surface area contributed by atoms with Crippen LogP contribution in [0.4, 0.5) is 0 Å². The fourth-order valence-corrected chi connectivity index (χ4v) is 5.25. The molecule has 1 unspecified atom stereocenters. The minimum absolute atomic E-state index is 0.188. The van der Waals surface area contributed by atoms with Crippen molar-refractivity contribution >= 4 is 17.7 Å². The minimum atomic E-state index is -0.995. The molecule has 8 heteroatoms. The van der Waals surface area contributed by atoms with E-state index in [2.05, 4.69) is 29.6 Å². The van der Waals surface area contributed by atoms with E-state index in [0.29, 0.717) is 13.2 Å². The van der Waals surface area contributed by atoms with Gasteiger partial charge in [0, 0.05) is 13.0 Å². The molecule has 1 saturated heterocycles. The average Bonchev–Trinajstić information content (AvgIpc) is 2.95. The number of amides is 1. The number of thioether (sulfide) groups is 1. The van der Waals surface area contributed by atoms with Crippen molar-refractivity contribution in [3.63, 3.8) is 0 Å². The van der Waals surface area contributed by atoms with Gasteiger partial charge in [-0.05, 0) is 28.5 Å². The third-order valence-corrected chi connectivity index (χ3v) is 7.37. The SMILES string of the molecule is CSC1O[C@H](COCc2ccc(-c3ccccc3)cc2)[C@@H](O)[C@H](OCc2ccccc2)[C@H]1NC(=O)CCN. The van der Waals surface area contributed by atoms with Crippen LogP contribution < -0.4 is 11.1 Å². The van der Waals surface area contributed by atoms with Crippen LogP contribution in [0.2, 0.25) is 0 Å². The maximum Gasteiger partial charge on any atom is 0.221 e. The monoisotopic (exact) mass is 536 g/mol. The molecule has 3 aromatic rings. The Morgan fingerprint density at radius 2 is 1.58 bits per heavy atom. The van der Waals surface area contributed by atoms with E-state index in [1.807, 2.05) is 66.9 Å². The Morgan fingerprint density at radius 3 is 2.24 bits per heavy atom. The molecule has 4 rings (SSSR count). The molecular weight excluding hydrogens is 500 g/mol. The normalized spacial score (nSPS) is 23.2. The molecule has 0 spiro atoms. The Bertz CT molecular complexity index is 1120. The van der Waals surface area contributed by atoms with Crippen molar-refractivity contribution in [3.05, 3.63) is 96.1 Å². The first-order valence-electron chi connectivity index (χ1n) is 12.8. The van der Waals surface area contributed by atoms with E-state index in [9.17, 15) is 9.90 Å². The number of aliphatic hydroxyl groups excluding tert-OH is 1. The summed E-state index contributed by atoms with van der Waals surface area (Å²) in [5, 5.41) is 14.2. The number of aliphatic hydroxyl groups is 1. The summed E-state index contributed by atoms with van der Waals surface area (Å²) in [5.41, 5.74) is 9.46. The van der Waals surface area contributed by atoms with Gasteiger partial charge in [0.2, 0.25) is 5.91 Å². The molecule has 1 amide bonds. The van der Waals surface area contributed by atoms with Crippen molar-refractivity contribution in [2.24, 2.45) is 5.73 Å². The summed E-state index contributed by atoms with van der Waals surface area (Å²) in [4.78, 5) is 12.4. The fourth-order valence-electron chi connectivity index (χ4n) is 4.48. The molecule has 1 aliphatic heterocycles. The molecule has 0 bridgehead atoms. The van der Waals surface area contributed by atoms with E-state index in [-0.39, 0.29) is 25.5 Å². The van der Waals surface area contributed by atoms with Crippen molar-refractivity contribution in [3.8, 4) is 11.1 Å². The molecule has 5 atom stereocenters. The largest absolute Gasteiger partial charge is 0.388 e. The van der Waals surface area contributed by atoms with Gasteiger partial charge in [-0.25, -0.2) is 0 Å². The van der Waals surface area contributed by atoms with Crippen LogP contribution in [0.15, 0.2) is 84.9 Å². The summed E-state index contributed by atoms with van der Waals surface area (Å²) in [7, 11) is 0. The van der Waals surface area contributed by atoms with Crippen LogP contribution in [0.3, 0.4) is 0 Å². The molecule has 0 aliphatic carbocycles. The summed E-state index contributed by atoms with van der Waals surface area (Å²) >= 11 is 1.46. The zero-order valence-electron chi connectivity index (χ0n) is 21.6. The van der Waals surface area contributed by atoms with E-state index >= 15 is 0 Å². The highest BCUT2D eigenvalue weighted by atomic mass is 32.2. The summed E-state index contributed by atoms with van der Waals surface area (Å²) in [5.74, 6) is -0.200. The van der Waals surface area contributed by atoms with Crippen molar-refractivity contribution in [1.82, 2.24) is 5.32 Å². The molecule has 0 radical (unpaired) electrons. The van der Waals surface area contributed by atoms with Gasteiger partial charge in [-0.1, -0.05) is 84.9 Å². The number of hydrogen-bond acceptors (Lipinski definition) is 7. The lowest BCUT2D eigenvalue weighted by molar-refractivity contribution is -0.196. The second-order valence-corrected chi connectivity index (χ2v) is 10.2. The molecule has 1 heterocycles. The zero-order valence-corrected chi connectivity index (χ0v) is 22.4. The van der Waals surface area contributed by atoms with Gasteiger partial charge in [0.15, 0.2) is 0 Å². The summed E-state index contributed by atoms with van der Waals surface area (Å²) in [6, 6.07) is 27.6. The maximum absolute atomic E-state index is 12.4. The number of nitrogens with two attached hydrogens (primary N) is 1. The average molecular weight is 537 g/mol. The highest BCUT2D eigenvalue weighted by Crippen LogP contribution is 2.30. The molecule has 3 aromatic carbocycles. The first kappa shape index (κ1) is 28.3. The quantitative estimate of drug-likeness (QED) is 0.324. The van der Waals surface area contributed by atoms with Gasteiger partial charge in [-0.3, -0.25) is 4.79 Å². The van der Waals surface area contributed by atoms with Gasteiger partial charge in [-0.15, -0.1) is 11.8 Å². The van der Waals surface area contributed by atoms with Gasteiger partial charge < -0.3 is 30.4 Å². The molecule has 1 fully saturated rings. The standard InChI is InChI=1S/C30H36N2O5S/c1-38-30-27(32-26(33)16-17-31)29(36-19-21-8-4-2-5-9-21)28(34)25(37-30)20-35-18-22-12-14-24(15-13-22)23-10-6-3-7-11-23/h2-15,25,27-30,34H,16-20,31H2,1H3,(H,32,33)/t25-,27-,28-,29-,30?/m1/s1. The van der Waals surface area contributed by atoms with Crippen LogP contribution in [0.5, 0.6) is 0 Å². The van der Waals surface area contributed by atoms with E-state index in [0.717, 1.165) is 22.3 Å². The number of nitrogens with one attached hydrogen (secondary N) is 1. The van der Waals surface area contributed by atoms with Crippen LogP contribution in [-0.4, -0.2) is 60.2 Å². The summed E-state index contributed by atoms with van der Waals surface area (Å²) < 4.78 is 18.4. The van der Waals surface area contributed by atoms with Gasteiger partial charge in [0.05, 0.1) is 25.9 Å². The number of carbonyl (C=O) groups is 1. The van der Waals surface area contributed by atoms with Gasteiger partial charge in [0.1, 0.15) is 23.7 Å². The van der Waals surface area contributed by atoms with E-state index < -0.39 is 29.8 Å². The Hall–Kier alpha value is -2.72. The number of rotatable bonds is 12. The highest BCUT2D eigenvalue weighted by Gasteiger charge is 2.46. The van der Waals surface area contributed by atoms with Gasteiger partial charge in [-0.2, -0.15) is 0 Å². The Balaban J connectivity index is 1.40. The predicted octanol–water partition coefficient (Wildman–Crippen LogP) is 3.74. The first-order valence-corrected chi connectivity index (χ1v) is 14.1. The zero-order chi connectivity index (χ0) is 26.7. The topological polar surface area (TPSA) is 103 Å². The highest BCUT2D eigenvalue weighted by molar-refractivity contribution is 7.99. The molecule has 0 saturated carbocycles. The maximum atomic E-state index is 12.4. The molecule has 202 valence electrons. The Kier molecular flexibility index (Phi) is 10.7. The van der Waals surface area contributed by atoms with Crippen LogP contribution >= 0.6 is 11.8 Å². The minimum Gasteiger partial charge on any atom is -0.388 e. The van der Waals surface area contributed by atoms with Crippen LogP contribution in [0.25, 0.3) is 11.1 Å². The predicted molar refractivity (Wildman–Crippen MR) is 150 cm³/mol. The second-order valence-electron chi connectivity index (χ2n) is 9.24. The van der Waals surface area contributed by atoms with E-state index in [4.69, 9.17) is 19.9 Å². The van der Waals surface area contributed by atoms with Crippen LogP contribution in [-0.2, 0) is 32.2 Å². The molecular formula is C30H36N2O5S. The molecule has 0 aromatic heterocycles. The van der Waals surface area contributed by atoms with Gasteiger partial charge >= 0.3 is 0 Å². The van der Waals surface area contributed by atoms with Crippen molar-refractivity contribution < 1.29 is 24.1 Å². The Morgan fingerprint density at radius 1 is 0.947 bits per heavy atom.